The fourth-order valence-electron chi connectivity index (χ4n) is 5.37. The Morgan fingerprint density at radius 3 is 2.83 bits per heavy atom. The fourth-order valence-corrected chi connectivity index (χ4v) is 6.20. The van der Waals surface area contributed by atoms with Crippen molar-refractivity contribution in [2.24, 2.45) is 11.7 Å². The molecule has 0 aromatic carbocycles. The Labute approximate surface area is 213 Å². The van der Waals surface area contributed by atoms with Crippen molar-refractivity contribution in [1.82, 2.24) is 24.8 Å². The molecule has 5 heterocycles. The first-order valence-corrected chi connectivity index (χ1v) is 12.7. The third-order valence-electron chi connectivity index (χ3n) is 7.01. The van der Waals surface area contributed by atoms with Crippen LogP contribution >= 0.6 is 11.3 Å². The van der Waals surface area contributed by atoms with Gasteiger partial charge >= 0.3 is 0 Å². The molecule has 186 valence electrons. The minimum atomic E-state index is -0.993. The number of rotatable bonds is 7. The molecule has 10 nitrogen and oxygen atoms in total. The molecule has 2 atom stereocenters. The number of carbonyl (C=O) groups excluding carboxylic acids is 2. The SMILES string of the molecule is C=CC(=O)N1CCCC1(C(N)=O)[C@H]1CCN(c2cc(Nc3ncc(-c4ccncc4)s3)nc(C)n2)C1. The zero-order chi connectivity index (χ0) is 25.3. The number of primary amides is 1. The lowest BCUT2D eigenvalue weighted by atomic mass is 9.80. The molecule has 3 aromatic rings. The lowest BCUT2D eigenvalue weighted by Gasteiger charge is -2.40. The Bertz CT molecular complexity index is 1300. The second kappa shape index (κ2) is 9.65. The number of aromatic nitrogens is 4. The molecule has 2 amide bonds. The normalized spacial score (nSPS) is 21.5. The number of thiazole rings is 1. The van der Waals surface area contributed by atoms with Gasteiger partial charge in [-0.3, -0.25) is 14.6 Å². The summed E-state index contributed by atoms with van der Waals surface area (Å²) < 4.78 is 0. The van der Waals surface area contributed by atoms with Crippen LogP contribution in [0.25, 0.3) is 10.4 Å². The van der Waals surface area contributed by atoms with E-state index in [-0.39, 0.29) is 11.8 Å². The van der Waals surface area contributed by atoms with Crippen LogP contribution in [-0.2, 0) is 9.59 Å². The number of amides is 2. The van der Waals surface area contributed by atoms with Crippen LogP contribution in [0.1, 0.15) is 25.1 Å². The van der Waals surface area contributed by atoms with Gasteiger partial charge in [-0.25, -0.2) is 15.0 Å². The largest absolute Gasteiger partial charge is 0.368 e. The smallest absolute Gasteiger partial charge is 0.246 e. The zero-order valence-electron chi connectivity index (χ0n) is 20.1. The van der Waals surface area contributed by atoms with Crippen molar-refractivity contribution in [3.63, 3.8) is 0 Å². The molecular weight excluding hydrogens is 476 g/mol. The van der Waals surface area contributed by atoms with Crippen LogP contribution in [0.5, 0.6) is 0 Å². The fraction of sp³-hybridized carbons (Fsp3) is 0.360. The molecule has 3 N–H and O–H groups in total. The van der Waals surface area contributed by atoms with Crippen molar-refractivity contribution in [3.05, 3.63) is 55.3 Å². The van der Waals surface area contributed by atoms with Gasteiger partial charge in [0.05, 0.1) is 4.88 Å². The number of aryl methyl sites for hydroxylation is 1. The number of hydrogen-bond donors (Lipinski definition) is 2. The van der Waals surface area contributed by atoms with E-state index in [2.05, 4.69) is 36.7 Å². The van der Waals surface area contributed by atoms with Crippen LogP contribution in [0.3, 0.4) is 0 Å². The van der Waals surface area contributed by atoms with Gasteiger partial charge in [0, 0.05) is 50.2 Å². The number of hydrogen-bond acceptors (Lipinski definition) is 9. The van der Waals surface area contributed by atoms with Crippen molar-refractivity contribution in [2.75, 3.05) is 29.9 Å². The number of nitrogens with zero attached hydrogens (tertiary/aromatic N) is 6. The van der Waals surface area contributed by atoms with E-state index in [9.17, 15) is 9.59 Å². The van der Waals surface area contributed by atoms with Gasteiger partial charge in [-0.05, 0) is 50.0 Å². The van der Waals surface area contributed by atoms with Crippen LogP contribution in [-0.4, -0.2) is 61.8 Å². The molecule has 0 saturated carbocycles. The highest BCUT2D eigenvalue weighted by Crippen LogP contribution is 2.42. The molecule has 2 aliphatic heterocycles. The van der Waals surface area contributed by atoms with E-state index >= 15 is 0 Å². The van der Waals surface area contributed by atoms with Crippen LogP contribution in [0, 0.1) is 12.8 Å². The number of likely N-dealkylation sites (tertiary alicyclic amines) is 1. The number of nitrogens with two attached hydrogens (primary N) is 1. The zero-order valence-corrected chi connectivity index (χ0v) is 20.9. The maximum absolute atomic E-state index is 12.7. The Morgan fingerprint density at radius 1 is 1.28 bits per heavy atom. The summed E-state index contributed by atoms with van der Waals surface area (Å²) in [6.07, 6.45) is 8.65. The minimum Gasteiger partial charge on any atom is -0.368 e. The molecule has 0 spiro atoms. The second-order valence-electron chi connectivity index (χ2n) is 9.07. The molecule has 11 heteroatoms. The molecular formula is C25H28N8O2S. The molecule has 2 aliphatic rings. The summed E-state index contributed by atoms with van der Waals surface area (Å²) in [6, 6.07) is 5.78. The van der Waals surface area contributed by atoms with Crippen LogP contribution < -0.4 is 16.0 Å². The van der Waals surface area contributed by atoms with Crippen molar-refractivity contribution >= 4 is 39.9 Å². The summed E-state index contributed by atoms with van der Waals surface area (Å²) in [4.78, 5) is 47.8. The van der Waals surface area contributed by atoms with Crippen LogP contribution in [0.15, 0.2) is 49.4 Å². The van der Waals surface area contributed by atoms with Gasteiger partial charge in [0.25, 0.3) is 0 Å². The van der Waals surface area contributed by atoms with Gasteiger partial charge in [-0.2, -0.15) is 0 Å². The third-order valence-corrected chi connectivity index (χ3v) is 7.97. The van der Waals surface area contributed by atoms with E-state index in [0.29, 0.717) is 37.7 Å². The lowest BCUT2D eigenvalue weighted by Crippen LogP contribution is -2.60. The van der Waals surface area contributed by atoms with Gasteiger partial charge in [0.15, 0.2) is 5.13 Å². The van der Waals surface area contributed by atoms with E-state index in [0.717, 1.165) is 34.2 Å². The first-order valence-electron chi connectivity index (χ1n) is 11.9. The summed E-state index contributed by atoms with van der Waals surface area (Å²) in [5.74, 6) is 1.25. The number of nitrogens with one attached hydrogen (secondary N) is 1. The predicted octanol–water partition coefficient (Wildman–Crippen LogP) is 2.91. The molecule has 1 unspecified atom stereocenters. The van der Waals surface area contributed by atoms with Gasteiger partial charge in [0.2, 0.25) is 11.8 Å². The molecule has 5 rings (SSSR count). The predicted molar refractivity (Wildman–Crippen MR) is 139 cm³/mol. The Kier molecular flexibility index (Phi) is 6.40. The highest BCUT2D eigenvalue weighted by molar-refractivity contribution is 7.18. The van der Waals surface area contributed by atoms with Gasteiger partial charge in [-0.15, -0.1) is 0 Å². The van der Waals surface area contributed by atoms with Crippen LogP contribution in [0.4, 0.5) is 16.8 Å². The molecule has 0 radical (unpaired) electrons. The van der Waals surface area contributed by atoms with E-state index < -0.39 is 11.4 Å². The Hall–Kier alpha value is -3.86. The highest BCUT2D eigenvalue weighted by Gasteiger charge is 2.54. The van der Waals surface area contributed by atoms with Crippen molar-refractivity contribution in [2.45, 2.75) is 31.7 Å². The van der Waals surface area contributed by atoms with Gasteiger partial charge in [0.1, 0.15) is 23.0 Å². The minimum absolute atomic E-state index is 0.0880. The summed E-state index contributed by atoms with van der Waals surface area (Å²) in [6.45, 7) is 7.24. The number of carbonyl (C=O) groups is 2. The second-order valence-corrected chi connectivity index (χ2v) is 10.1. The quantitative estimate of drug-likeness (QED) is 0.470. The van der Waals surface area contributed by atoms with Crippen molar-refractivity contribution < 1.29 is 9.59 Å². The summed E-state index contributed by atoms with van der Waals surface area (Å²) in [5.41, 5.74) is 5.99. The number of pyridine rings is 1. The third kappa shape index (κ3) is 4.30. The first kappa shape index (κ1) is 23.9. The summed E-state index contributed by atoms with van der Waals surface area (Å²) in [7, 11) is 0. The topological polar surface area (TPSA) is 130 Å². The van der Waals surface area contributed by atoms with Gasteiger partial charge in [-0.1, -0.05) is 17.9 Å². The molecule has 0 aliphatic carbocycles. The van der Waals surface area contributed by atoms with Gasteiger partial charge < -0.3 is 20.9 Å². The van der Waals surface area contributed by atoms with E-state index in [1.54, 1.807) is 17.3 Å². The Morgan fingerprint density at radius 2 is 2.08 bits per heavy atom. The van der Waals surface area contributed by atoms with Crippen LogP contribution in [0.2, 0.25) is 0 Å². The van der Waals surface area contributed by atoms with Crippen molar-refractivity contribution in [1.29, 1.82) is 0 Å². The highest BCUT2D eigenvalue weighted by atomic mass is 32.1. The molecule has 0 bridgehead atoms. The maximum Gasteiger partial charge on any atom is 0.246 e. The number of anilines is 3. The lowest BCUT2D eigenvalue weighted by molar-refractivity contribution is -0.143. The maximum atomic E-state index is 12.7. The monoisotopic (exact) mass is 504 g/mol. The van der Waals surface area contributed by atoms with E-state index in [4.69, 9.17) is 5.73 Å². The van der Waals surface area contributed by atoms with E-state index in [1.807, 2.05) is 31.3 Å². The average Bonchev–Trinajstić information content (AvgIpc) is 3.63. The standard InChI is InChI=1S/C25H28N8O2S/c1-3-22(34)33-11-4-8-25(33,23(26)35)18-7-12-32(15-18)21-13-20(29-16(2)30-21)31-24-28-14-19(36-24)17-5-9-27-10-6-17/h3,5-6,9-10,13-14,18H,1,4,7-8,11-12,15H2,2H3,(H2,26,35)(H,28,29,30,31)/t18-,25?/m0/s1. The first-order chi connectivity index (χ1) is 17.4. The Balaban J connectivity index is 1.35. The van der Waals surface area contributed by atoms with E-state index in [1.165, 1.54) is 17.4 Å². The average molecular weight is 505 g/mol. The summed E-state index contributed by atoms with van der Waals surface area (Å²) in [5, 5.41) is 4.02. The molecule has 2 saturated heterocycles. The summed E-state index contributed by atoms with van der Waals surface area (Å²) >= 11 is 1.53. The van der Waals surface area contributed by atoms with Crippen molar-refractivity contribution in [3.8, 4) is 10.4 Å². The molecule has 2 fully saturated rings. The molecule has 36 heavy (non-hydrogen) atoms. The molecule has 3 aromatic heterocycles.